The maximum absolute atomic E-state index is 12.7. The number of alkyl halides is 3. The molecule has 0 unspecified atom stereocenters. The van der Waals surface area contributed by atoms with Gasteiger partial charge in [0.15, 0.2) is 0 Å². The number of carbonyl (C=O) groups is 1. The van der Waals surface area contributed by atoms with Crippen molar-refractivity contribution in [3.63, 3.8) is 0 Å². The second-order valence-corrected chi connectivity index (χ2v) is 3.93. The average molecular weight is 260 g/mol. The van der Waals surface area contributed by atoms with E-state index in [2.05, 4.69) is 5.32 Å². The van der Waals surface area contributed by atoms with Crippen LogP contribution in [0.3, 0.4) is 0 Å². The van der Waals surface area contributed by atoms with Crippen LogP contribution in [0.2, 0.25) is 0 Å². The molecule has 3 nitrogen and oxygen atoms in total. The van der Waals surface area contributed by atoms with Crippen molar-refractivity contribution >= 4 is 11.6 Å². The van der Waals surface area contributed by atoms with Gasteiger partial charge in [0, 0.05) is 0 Å². The minimum atomic E-state index is -4.50. The molecule has 0 saturated carbocycles. The first kappa shape index (κ1) is 14.5. The van der Waals surface area contributed by atoms with E-state index < -0.39 is 23.7 Å². The van der Waals surface area contributed by atoms with E-state index in [0.717, 1.165) is 6.07 Å². The fourth-order valence-corrected chi connectivity index (χ4v) is 1.51. The highest BCUT2D eigenvalue weighted by Crippen LogP contribution is 2.34. The van der Waals surface area contributed by atoms with E-state index in [-0.39, 0.29) is 5.69 Å². The molecule has 1 aromatic carbocycles. The van der Waals surface area contributed by atoms with Gasteiger partial charge < -0.3 is 11.1 Å². The maximum atomic E-state index is 12.7. The molecule has 0 radical (unpaired) electrons. The van der Waals surface area contributed by atoms with Gasteiger partial charge in [-0.3, -0.25) is 4.79 Å². The molecule has 1 aromatic rings. The first-order valence-corrected chi connectivity index (χ1v) is 5.59. The smallest absolute Gasteiger partial charge is 0.324 e. The number of benzene rings is 1. The van der Waals surface area contributed by atoms with Crippen molar-refractivity contribution in [1.29, 1.82) is 0 Å². The summed E-state index contributed by atoms with van der Waals surface area (Å²) in [7, 11) is 0. The topological polar surface area (TPSA) is 55.1 Å². The number of halogens is 3. The quantitative estimate of drug-likeness (QED) is 0.874. The van der Waals surface area contributed by atoms with Crippen LogP contribution in [0.25, 0.3) is 0 Å². The Morgan fingerprint density at radius 3 is 2.56 bits per heavy atom. The van der Waals surface area contributed by atoms with Crippen LogP contribution < -0.4 is 11.1 Å². The molecule has 0 heterocycles. The highest BCUT2D eigenvalue weighted by Gasteiger charge is 2.33. The number of carbonyl (C=O) groups excluding carboxylic acids is 1. The minimum Gasteiger partial charge on any atom is -0.324 e. The van der Waals surface area contributed by atoms with Crippen LogP contribution in [0.4, 0.5) is 18.9 Å². The van der Waals surface area contributed by atoms with Crippen molar-refractivity contribution in [3.8, 4) is 0 Å². The van der Waals surface area contributed by atoms with Crippen molar-refractivity contribution in [1.82, 2.24) is 0 Å². The van der Waals surface area contributed by atoms with E-state index in [9.17, 15) is 18.0 Å². The number of amides is 1. The molecule has 0 aliphatic carbocycles. The van der Waals surface area contributed by atoms with E-state index >= 15 is 0 Å². The summed E-state index contributed by atoms with van der Waals surface area (Å²) in [6.07, 6.45) is -3.38. The Morgan fingerprint density at radius 1 is 1.39 bits per heavy atom. The van der Waals surface area contributed by atoms with Crippen molar-refractivity contribution in [2.75, 3.05) is 5.32 Å². The van der Waals surface area contributed by atoms with Crippen molar-refractivity contribution < 1.29 is 18.0 Å². The van der Waals surface area contributed by atoms with Gasteiger partial charge in [-0.15, -0.1) is 0 Å². The Balaban J connectivity index is 2.88. The lowest BCUT2D eigenvalue weighted by Crippen LogP contribution is -2.35. The molecular weight excluding hydrogens is 245 g/mol. The van der Waals surface area contributed by atoms with Gasteiger partial charge in [-0.1, -0.05) is 25.5 Å². The predicted molar refractivity (Wildman–Crippen MR) is 63.0 cm³/mol. The van der Waals surface area contributed by atoms with Crippen molar-refractivity contribution in [2.45, 2.75) is 32.0 Å². The number of hydrogen-bond acceptors (Lipinski definition) is 2. The van der Waals surface area contributed by atoms with E-state index in [1.165, 1.54) is 18.2 Å². The standard InChI is InChI=1S/C12H15F3N2O/c1-2-5-9(16)11(18)17-10-7-4-3-6-8(10)12(13,14)15/h3-4,6-7,9H,2,5,16H2,1H3,(H,17,18)/t9-/m0/s1. The number of nitrogens with one attached hydrogen (secondary N) is 1. The number of para-hydroxylation sites is 1. The summed E-state index contributed by atoms with van der Waals surface area (Å²) in [5.74, 6) is -0.603. The van der Waals surface area contributed by atoms with Gasteiger partial charge >= 0.3 is 6.18 Å². The molecule has 1 rings (SSSR count). The zero-order chi connectivity index (χ0) is 13.8. The molecule has 0 aliphatic heterocycles. The Morgan fingerprint density at radius 2 is 2.00 bits per heavy atom. The third kappa shape index (κ3) is 3.73. The number of rotatable bonds is 4. The molecule has 18 heavy (non-hydrogen) atoms. The third-order valence-corrected chi connectivity index (χ3v) is 2.43. The molecule has 0 aliphatic rings. The van der Waals surface area contributed by atoms with Crippen LogP contribution in [-0.4, -0.2) is 11.9 Å². The molecule has 0 saturated heterocycles. The molecule has 3 N–H and O–H groups in total. The van der Waals surface area contributed by atoms with Crippen LogP contribution in [0.15, 0.2) is 24.3 Å². The predicted octanol–water partition coefficient (Wildman–Crippen LogP) is 2.77. The lowest BCUT2D eigenvalue weighted by atomic mass is 10.1. The van der Waals surface area contributed by atoms with Crippen LogP contribution in [0.5, 0.6) is 0 Å². The molecular formula is C12H15F3N2O. The summed E-state index contributed by atoms with van der Waals surface area (Å²) in [4.78, 5) is 11.6. The number of hydrogen-bond donors (Lipinski definition) is 2. The number of anilines is 1. The zero-order valence-corrected chi connectivity index (χ0v) is 9.92. The summed E-state index contributed by atoms with van der Waals surface area (Å²) >= 11 is 0. The van der Waals surface area contributed by atoms with Gasteiger partial charge in [-0.25, -0.2) is 0 Å². The van der Waals surface area contributed by atoms with Crippen LogP contribution in [0.1, 0.15) is 25.3 Å². The third-order valence-electron chi connectivity index (χ3n) is 2.43. The summed E-state index contributed by atoms with van der Waals surface area (Å²) in [5, 5.41) is 2.22. The Labute approximate surface area is 103 Å². The molecule has 0 bridgehead atoms. The van der Waals surface area contributed by atoms with E-state index in [1.807, 2.05) is 6.92 Å². The average Bonchev–Trinajstić information content (AvgIpc) is 2.28. The summed E-state index contributed by atoms with van der Waals surface area (Å²) in [6.45, 7) is 1.84. The van der Waals surface area contributed by atoms with Crippen molar-refractivity contribution in [3.05, 3.63) is 29.8 Å². The lowest BCUT2D eigenvalue weighted by molar-refractivity contribution is -0.137. The molecule has 1 amide bonds. The van der Waals surface area contributed by atoms with Gasteiger partial charge in [0.2, 0.25) is 5.91 Å². The Hall–Kier alpha value is -1.56. The first-order chi connectivity index (χ1) is 8.36. The summed E-state index contributed by atoms with van der Waals surface area (Å²) in [6, 6.07) is 4.03. The van der Waals surface area contributed by atoms with Gasteiger partial charge in [-0.05, 0) is 18.6 Å². The second-order valence-electron chi connectivity index (χ2n) is 3.93. The van der Waals surface area contributed by atoms with Crippen LogP contribution in [0, 0.1) is 0 Å². The maximum Gasteiger partial charge on any atom is 0.418 e. The SMILES string of the molecule is CCC[C@H](N)C(=O)Nc1ccccc1C(F)(F)F. The largest absolute Gasteiger partial charge is 0.418 e. The van der Waals surface area contributed by atoms with Gasteiger partial charge in [0.05, 0.1) is 17.3 Å². The summed E-state index contributed by atoms with van der Waals surface area (Å²) in [5.41, 5.74) is 4.41. The highest BCUT2D eigenvalue weighted by molar-refractivity contribution is 5.95. The van der Waals surface area contributed by atoms with E-state index in [1.54, 1.807) is 0 Å². The second kappa shape index (κ2) is 5.86. The van der Waals surface area contributed by atoms with Crippen LogP contribution in [-0.2, 0) is 11.0 Å². The Bertz CT molecular complexity index is 418. The lowest BCUT2D eigenvalue weighted by Gasteiger charge is -2.15. The monoisotopic (exact) mass is 260 g/mol. The van der Waals surface area contributed by atoms with Crippen molar-refractivity contribution in [2.24, 2.45) is 5.73 Å². The van der Waals surface area contributed by atoms with Crippen LogP contribution >= 0.6 is 0 Å². The fraction of sp³-hybridized carbons (Fsp3) is 0.417. The molecule has 100 valence electrons. The molecule has 0 aromatic heterocycles. The van der Waals surface area contributed by atoms with Gasteiger partial charge in [0.25, 0.3) is 0 Å². The molecule has 0 fully saturated rings. The summed E-state index contributed by atoms with van der Waals surface area (Å²) < 4.78 is 38.0. The van der Waals surface area contributed by atoms with Gasteiger partial charge in [0.1, 0.15) is 0 Å². The highest BCUT2D eigenvalue weighted by atomic mass is 19.4. The minimum absolute atomic E-state index is 0.262. The zero-order valence-electron chi connectivity index (χ0n) is 9.92. The van der Waals surface area contributed by atoms with Gasteiger partial charge in [-0.2, -0.15) is 13.2 Å². The fourth-order valence-electron chi connectivity index (χ4n) is 1.51. The molecule has 6 heteroatoms. The van der Waals surface area contributed by atoms with E-state index in [0.29, 0.717) is 12.8 Å². The number of nitrogens with two attached hydrogens (primary N) is 1. The molecule has 0 spiro atoms. The first-order valence-electron chi connectivity index (χ1n) is 5.59. The normalized spacial score (nSPS) is 13.2. The molecule has 1 atom stereocenters. The van der Waals surface area contributed by atoms with E-state index in [4.69, 9.17) is 5.73 Å². The Kier molecular flexibility index (Phi) is 4.72.